The number of aromatic nitrogens is 2. The van der Waals surface area contributed by atoms with Crippen LogP contribution < -0.4 is 9.46 Å². The Hall–Kier alpha value is -1.95. The molecule has 0 bridgehead atoms. The van der Waals surface area contributed by atoms with Crippen molar-refractivity contribution < 1.29 is 4.74 Å². The van der Waals surface area contributed by atoms with E-state index in [9.17, 15) is 0 Å². The molecule has 1 aliphatic heterocycles. The third-order valence-corrected chi connectivity index (χ3v) is 5.30. The monoisotopic (exact) mass is 359 g/mol. The molecule has 1 aromatic heterocycles. The van der Waals surface area contributed by atoms with Crippen LogP contribution in [0.3, 0.4) is 0 Å². The summed E-state index contributed by atoms with van der Waals surface area (Å²) in [5.41, 5.74) is 1.65. The van der Waals surface area contributed by atoms with Crippen LogP contribution in [0.1, 0.15) is 17.5 Å². The van der Waals surface area contributed by atoms with Gasteiger partial charge < -0.3 is 9.46 Å². The summed E-state index contributed by atoms with van der Waals surface area (Å²) < 4.78 is 10.7. The average molecular weight is 359 g/mol. The fraction of sp³-hybridized carbons (Fsp3) is 0.312. The number of hydrogen-bond acceptors (Lipinski definition) is 8. The average Bonchev–Trinajstić information content (AvgIpc) is 2.58. The Kier molecular flexibility index (Phi) is 5.80. The van der Waals surface area contributed by atoms with Gasteiger partial charge in [-0.15, -0.1) is 0 Å². The first-order valence-corrected chi connectivity index (χ1v) is 9.26. The molecule has 1 fully saturated rings. The molecular weight excluding hydrogens is 342 g/mol. The van der Waals surface area contributed by atoms with Gasteiger partial charge in [-0.1, -0.05) is 30.0 Å². The molecule has 2 heterocycles. The molecule has 0 saturated carbocycles. The first kappa shape index (κ1) is 16.9. The SMILES string of the molecule is COc1cc(NSN2CCC2)nc(SCc2ccccc2C#N)n1. The molecule has 24 heavy (non-hydrogen) atoms. The van der Waals surface area contributed by atoms with Gasteiger partial charge >= 0.3 is 0 Å². The van der Waals surface area contributed by atoms with Crippen molar-refractivity contribution in [2.75, 3.05) is 24.9 Å². The topological polar surface area (TPSA) is 74.1 Å². The van der Waals surface area contributed by atoms with Crippen LogP contribution in [0, 0.1) is 11.3 Å². The zero-order valence-corrected chi connectivity index (χ0v) is 14.9. The van der Waals surface area contributed by atoms with Gasteiger partial charge in [-0.2, -0.15) is 10.2 Å². The normalized spacial score (nSPS) is 13.8. The molecule has 0 spiro atoms. The van der Waals surface area contributed by atoms with Gasteiger partial charge in [0, 0.05) is 37.0 Å². The van der Waals surface area contributed by atoms with E-state index in [1.807, 2.05) is 24.3 Å². The molecule has 1 N–H and O–H groups in total. The predicted octanol–water partition coefficient (Wildman–Crippen LogP) is 3.33. The largest absolute Gasteiger partial charge is 0.481 e. The number of ether oxygens (including phenoxy) is 1. The minimum absolute atomic E-state index is 0.521. The highest BCUT2D eigenvalue weighted by Gasteiger charge is 2.15. The van der Waals surface area contributed by atoms with E-state index in [1.54, 1.807) is 25.3 Å². The number of thioether (sulfide) groups is 1. The van der Waals surface area contributed by atoms with Gasteiger partial charge in [0.05, 0.1) is 18.7 Å². The van der Waals surface area contributed by atoms with E-state index in [-0.39, 0.29) is 0 Å². The van der Waals surface area contributed by atoms with Crippen LogP contribution in [0.4, 0.5) is 5.82 Å². The lowest BCUT2D eigenvalue weighted by Crippen LogP contribution is -2.31. The van der Waals surface area contributed by atoms with Crippen molar-refractivity contribution >= 4 is 29.7 Å². The summed E-state index contributed by atoms with van der Waals surface area (Å²) in [5, 5.41) is 9.78. The highest BCUT2D eigenvalue weighted by atomic mass is 32.2. The molecule has 1 saturated heterocycles. The molecule has 0 aliphatic carbocycles. The number of nitrogens with zero attached hydrogens (tertiary/aromatic N) is 4. The van der Waals surface area contributed by atoms with Crippen molar-refractivity contribution in [1.82, 2.24) is 14.3 Å². The third-order valence-electron chi connectivity index (χ3n) is 3.48. The van der Waals surface area contributed by atoms with Crippen molar-refractivity contribution in [3.8, 4) is 11.9 Å². The maximum absolute atomic E-state index is 9.16. The van der Waals surface area contributed by atoms with Crippen LogP contribution in [0.25, 0.3) is 0 Å². The number of nitriles is 1. The Morgan fingerprint density at radius 1 is 1.33 bits per heavy atom. The van der Waals surface area contributed by atoms with E-state index < -0.39 is 0 Å². The van der Waals surface area contributed by atoms with E-state index in [4.69, 9.17) is 10.00 Å². The predicted molar refractivity (Wildman–Crippen MR) is 96.7 cm³/mol. The van der Waals surface area contributed by atoms with E-state index in [0.29, 0.717) is 22.4 Å². The lowest BCUT2D eigenvalue weighted by atomic mass is 10.1. The Balaban J connectivity index is 1.68. The van der Waals surface area contributed by atoms with Gasteiger partial charge in [0.25, 0.3) is 0 Å². The van der Waals surface area contributed by atoms with Crippen molar-refractivity contribution in [3.63, 3.8) is 0 Å². The third kappa shape index (κ3) is 4.32. The molecule has 124 valence electrons. The zero-order chi connectivity index (χ0) is 16.8. The first-order valence-electron chi connectivity index (χ1n) is 7.50. The molecule has 0 amide bonds. The number of anilines is 1. The molecule has 0 atom stereocenters. The second-order valence-corrected chi connectivity index (χ2v) is 6.96. The van der Waals surface area contributed by atoms with Crippen molar-refractivity contribution in [1.29, 1.82) is 5.26 Å². The van der Waals surface area contributed by atoms with Crippen molar-refractivity contribution in [2.24, 2.45) is 0 Å². The molecule has 2 aromatic rings. The van der Waals surface area contributed by atoms with Crippen LogP contribution in [-0.4, -0.2) is 34.5 Å². The fourth-order valence-electron chi connectivity index (χ4n) is 2.01. The highest BCUT2D eigenvalue weighted by Crippen LogP contribution is 2.27. The summed E-state index contributed by atoms with van der Waals surface area (Å²) in [7, 11) is 1.59. The number of hydrogen-bond donors (Lipinski definition) is 1. The molecule has 1 aliphatic rings. The zero-order valence-electron chi connectivity index (χ0n) is 13.2. The van der Waals surface area contributed by atoms with Crippen molar-refractivity contribution in [2.45, 2.75) is 17.3 Å². The summed E-state index contributed by atoms with van der Waals surface area (Å²) in [4.78, 5) is 8.88. The summed E-state index contributed by atoms with van der Waals surface area (Å²) >= 11 is 3.03. The molecule has 3 rings (SSSR count). The second kappa shape index (κ2) is 8.24. The Morgan fingerprint density at radius 3 is 2.88 bits per heavy atom. The van der Waals surface area contributed by atoms with Crippen LogP contribution in [0.15, 0.2) is 35.5 Å². The fourth-order valence-corrected chi connectivity index (χ4v) is 3.63. The van der Waals surface area contributed by atoms with Crippen LogP contribution >= 0.6 is 23.9 Å². The van der Waals surface area contributed by atoms with E-state index in [1.165, 1.54) is 18.2 Å². The number of methoxy groups -OCH3 is 1. The first-order chi connectivity index (χ1) is 11.8. The van der Waals surface area contributed by atoms with Crippen LogP contribution in [0.5, 0.6) is 5.88 Å². The maximum Gasteiger partial charge on any atom is 0.219 e. The minimum atomic E-state index is 0.521. The standard InChI is InChI=1S/C16H17N5OS2/c1-22-15-9-14(20-24-21-7-4-8-21)18-16(19-15)23-11-13-6-3-2-5-12(13)10-17/h2-3,5-6,9H,4,7-8,11H2,1H3,(H,18,19,20). The molecule has 1 aromatic carbocycles. The highest BCUT2D eigenvalue weighted by molar-refractivity contribution is 7.98. The number of benzene rings is 1. The lowest BCUT2D eigenvalue weighted by Gasteiger charge is -2.28. The summed E-state index contributed by atoms with van der Waals surface area (Å²) in [5.74, 6) is 1.87. The van der Waals surface area contributed by atoms with Gasteiger partial charge in [-0.25, -0.2) is 9.29 Å². The van der Waals surface area contributed by atoms with E-state index in [0.717, 1.165) is 24.5 Å². The molecular formula is C16H17N5OS2. The summed E-state index contributed by atoms with van der Waals surface area (Å²) in [6, 6.07) is 11.6. The van der Waals surface area contributed by atoms with Gasteiger partial charge in [0.2, 0.25) is 5.88 Å². The van der Waals surface area contributed by atoms with Crippen molar-refractivity contribution in [3.05, 3.63) is 41.5 Å². The molecule has 0 radical (unpaired) electrons. The number of nitrogens with one attached hydrogen (secondary N) is 1. The minimum Gasteiger partial charge on any atom is -0.481 e. The lowest BCUT2D eigenvalue weighted by molar-refractivity contribution is 0.345. The molecule has 8 heteroatoms. The Morgan fingerprint density at radius 2 is 2.17 bits per heavy atom. The van der Waals surface area contributed by atoms with Gasteiger partial charge in [0.1, 0.15) is 5.82 Å². The maximum atomic E-state index is 9.16. The van der Waals surface area contributed by atoms with E-state index in [2.05, 4.69) is 25.1 Å². The van der Waals surface area contributed by atoms with Gasteiger partial charge in [-0.3, -0.25) is 0 Å². The van der Waals surface area contributed by atoms with Gasteiger partial charge in [-0.05, 0) is 18.1 Å². The Labute approximate surface area is 149 Å². The summed E-state index contributed by atoms with van der Waals surface area (Å²) in [6.07, 6.45) is 1.24. The second-order valence-electron chi connectivity index (χ2n) is 5.11. The summed E-state index contributed by atoms with van der Waals surface area (Å²) in [6.45, 7) is 2.18. The smallest absolute Gasteiger partial charge is 0.219 e. The number of rotatable bonds is 7. The van der Waals surface area contributed by atoms with Crippen LogP contribution in [-0.2, 0) is 5.75 Å². The van der Waals surface area contributed by atoms with Crippen LogP contribution in [0.2, 0.25) is 0 Å². The quantitative estimate of drug-likeness (QED) is 0.458. The van der Waals surface area contributed by atoms with Gasteiger partial charge in [0.15, 0.2) is 5.16 Å². The molecule has 6 nitrogen and oxygen atoms in total. The van der Waals surface area contributed by atoms with E-state index >= 15 is 0 Å². The Bertz CT molecular complexity index is 745. The molecule has 0 unspecified atom stereocenters.